The molecule has 1 aromatic heterocycles. The van der Waals surface area contributed by atoms with Gasteiger partial charge in [0, 0.05) is 19.0 Å². The third-order valence-electron chi connectivity index (χ3n) is 2.03. The number of hydrogen-bond donors (Lipinski definition) is 3. The molecule has 1 unspecified atom stereocenters. The van der Waals surface area contributed by atoms with Gasteiger partial charge in [0.15, 0.2) is 0 Å². The summed E-state index contributed by atoms with van der Waals surface area (Å²) in [5.41, 5.74) is 5.04. The minimum Gasteiger partial charge on any atom is -0.370 e. The number of hydrogen-bond acceptors (Lipinski definition) is 6. The smallest absolute Gasteiger partial charge is 0.282 e. The highest BCUT2D eigenvalue weighted by atomic mass is 32.1. The van der Waals surface area contributed by atoms with Crippen LogP contribution in [0.15, 0.2) is 0 Å². The van der Waals surface area contributed by atoms with E-state index in [1.807, 2.05) is 6.92 Å². The molecule has 0 radical (unpaired) electrons. The molecule has 1 heterocycles. The molecule has 0 bridgehead atoms. The molecule has 100 valence electrons. The molecule has 0 aliphatic carbocycles. The predicted octanol–water partition coefficient (Wildman–Crippen LogP) is 0.354. The van der Waals surface area contributed by atoms with Gasteiger partial charge in [-0.15, -0.1) is 10.2 Å². The SMILES string of the molecule is CCCNc1nnc(C(=O)NC(C)CC(N)=O)s1. The number of primary amides is 1. The van der Waals surface area contributed by atoms with Gasteiger partial charge in [-0.1, -0.05) is 18.3 Å². The highest BCUT2D eigenvalue weighted by Crippen LogP contribution is 2.15. The second kappa shape index (κ2) is 6.90. The van der Waals surface area contributed by atoms with Crippen molar-refractivity contribution in [2.24, 2.45) is 5.73 Å². The van der Waals surface area contributed by atoms with E-state index in [9.17, 15) is 9.59 Å². The lowest BCUT2D eigenvalue weighted by atomic mass is 10.2. The molecular weight excluding hydrogens is 254 g/mol. The number of rotatable bonds is 7. The fraction of sp³-hybridized carbons (Fsp3) is 0.600. The van der Waals surface area contributed by atoms with Crippen LogP contribution in [0.3, 0.4) is 0 Å². The minimum absolute atomic E-state index is 0.103. The average molecular weight is 271 g/mol. The van der Waals surface area contributed by atoms with E-state index in [1.165, 1.54) is 11.3 Å². The van der Waals surface area contributed by atoms with Crippen LogP contribution in [0, 0.1) is 0 Å². The molecule has 1 atom stereocenters. The first-order valence-electron chi connectivity index (χ1n) is 5.69. The summed E-state index contributed by atoms with van der Waals surface area (Å²) in [6.45, 7) is 4.53. The lowest BCUT2D eigenvalue weighted by Crippen LogP contribution is -2.35. The summed E-state index contributed by atoms with van der Waals surface area (Å²) in [5.74, 6) is -0.795. The van der Waals surface area contributed by atoms with Crippen molar-refractivity contribution in [2.45, 2.75) is 32.7 Å². The van der Waals surface area contributed by atoms with Crippen molar-refractivity contribution >= 4 is 28.3 Å². The Morgan fingerprint density at radius 3 is 2.78 bits per heavy atom. The van der Waals surface area contributed by atoms with Gasteiger partial charge >= 0.3 is 0 Å². The largest absolute Gasteiger partial charge is 0.370 e. The first-order chi connectivity index (χ1) is 8.52. The average Bonchev–Trinajstić information content (AvgIpc) is 2.73. The zero-order valence-electron chi connectivity index (χ0n) is 10.4. The van der Waals surface area contributed by atoms with E-state index in [4.69, 9.17) is 5.73 Å². The van der Waals surface area contributed by atoms with Crippen molar-refractivity contribution in [1.29, 1.82) is 0 Å². The number of carbonyl (C=O) groups is 2. The van der Waals surface area contributed by atoms with Gasteiger partial charge in [-0.3, -0.25) is 9.59 Å². The number of anilines is 1. The maximum atomic E-state index is 11.7. The molecule has 0 saturated carbocycles. The maximum absolute atomic E-state index is 11.7. The van der Waals surface area contributed by atoms with Crippen molar-refractivity contribution in [3.8, 4) is 0 Å². The lowest BCUT2D eigenvalue weighted by Gasteiger charge is -2.09. The molecule has 0 aliphatic rings. The normalized spacial score (nSPS) is 11.9. The molecule has 0 aromatic carbocycles. The fourth-order valence-corrected chi connectivity index (χ4v) is 1.93. The van der Waals surface area contributed by atoms with Gasteiger partial charge in [0.1, 0.15) is 0 Å². The van der Waals surface area contributed by atoms with Crippen LogP contribution in [0.4, 0.5) is 5.13 Å². The van der Waals surface area contributed by atoms with Gasteiger partial charge in [-0.25, -0.2) is 0 Å². The summed E-state index contributed by atoms with van der Waals surface area (Å²) in [5, 5.41) is 14.2. The van der Waals surface area contributed by atoms with E-state index in [-0.39, 0.29) is 23.4 Å². The van der Waals surface area contributed by atoms with E-state index < -0.39 is 5.91 Å². The first-order valence-corrected chi connectivity index (χ1v) is 6.51. The van der Waals surface area contributed by atoms with Crippen LogP contribution >= 0.6 is 11.3 Å². The molecule has 2 amide bonds. The monoisotopic (exact) mass is 271 g/mol. The number of nitrogens with two attached hydrogens (primary N) is 1. The Kier molecular flexibility index (Phi) is 5.50. The van der Waals surface area contributed by atoms with Crippen molar-refractivity contribution < 1.29 is 9.59 Å². The summed E-state index contributed by atoms with van der Waals surface area (Å²) < 4.78 is 0. The molecular formula is C10H17N5O2S. The summed E-state index contributed by atoms with van der Waals surface area (Å²) in [7, 11) is 0. The van der Waals surface area contributed by atoms with Crippen molar-refractivity contribution in [2.75, 3.05) is 11.9 Å². The van der Waals surface area contributed by atoms with Crippen LogP contribution in [-0.4, -0.2) is 34.6 Å². The standard InChI is InChI=1S/C10H17N5O2S/c1-3-4-12-10-15-14-9(18-10)8(17)13-6(2)5-7(11)16/h6H,3-5H2,1-2H3,(H2,11,16)(H,12,15)(H,13,17). The molecule has 0 fully saturated rings. The first kappa shape index (κ1) is 14.4. The summed E-state index contributed by atoms with van der Waals surface area (Å²) in [6, 6.07) is -0.314. The van der Waals surface area contributed by atoms with E-state index >= 15 is 0 Å². The van der Waals surface area contributed by atoms with Crippen LogP contribution in [0.5, 0.6) is 0 Å². The number of carbonyl (C=O) groups excluding carboxylic acids is 2. The highest BCUT2D eigenvalue weighted by Gasteiger charge is 2.15. The second-order valence-electron chi connectivity index (χ2n) is 3.88. The molecule has 1 aromatic rings. The van der Waals surface area contributed by atoms with Crippen LogP contribution in [0.25, 0.3) is 0 Å². The van der Waals surface area contributed by atoms with Crippen LogP contribution in [-0.2, 0) is 4.79 Å². The zero-order chi connectivity index (χ0) is 13.5. The van der Waals surface area contributed by atoms with Crippen LogP contribution in [0.2, 0.25) is 0 Å². The van der Waals surface area contributed by atoms with Gasteiger partial charge in [-0.2, -0.15) is 0 Å². The number of amides is 2. The van der Waals surface area contributed by atoms with Gasteiger partial charge in [-0.05, 0) is 13.3 Å². The fourth-order valence-electron chi connectivity index (χ4n) is 1.26. The van der Waals surface area contributed by atoms with Crippen molar-refractivity contribution in [3.05, 3.63) is 5.01 Å². The van der Waals surface area contributed by atoms with E-state index in [2.05, 4.69) is 20.8 Å². The topological polar surface area (TPSA) is 110 Å². The molecule has 0 spiro atoms. The number of aromatic nitrogens is 2. The molecule has 18 heavy (non-hydrogen) atoms. The lowest BCUT2D eigenvalue weighted by molar-refractivity contribution is -0.118. The summed E-state index contributed by atoms with van der Waals surface area (Å²) in [4.78, 5) is 22.4. The van der Waals surface area contributed by atoms with Gasteiger partial charge < -0.3 is 16.4 Å². The number of nitrogens with zero attached hydrogens (tertiary/aromatic N) is 2. The Morgan fingerprint density at radius 2 is 2.17 bits per heavy atom. The summed E-state index contributed by atoms with van der Waals surface area (Å²) in [6.07, 6.45) is 1.07. The molecule has 1 rings (SSSR count). The third-order valence-corrected chi connectivity index (χ3v) is 2.91. The van der Waals surface area contributed by atoms with Crippen molar-refractivity contribution in [1.82, 2.24) is 15.5 Å². The quantitative estimate of drug-likeness (QED) is 0.663. The Morgan fingerprint density at radius 1 is 1.44 bits per heavy atom. The Labute approximate surface area is 109 Å². The van der Waals surface area contributed by atoms with Gasteiger partial charge in [0.2, 0.25) is 16.0 Å². The molecule has 8 heteroatoms. The molecule has 4 N–H and O–H groups in total. The van der Waals surface area contributed by atoms with Gasteiger partial charge in [0.05, 0.1) is 0 Å². The highest BCUT2D eigenvalue weighted by molar-refractivity contribution is 7.17. The zero-order valence-corrected chi connectivity index (χ0v) is 11.2. The van der Waals surface area contributed by atoms with Gasteiger partial charge in [0.25, 0.3) is 5.91 Å². The van der Waals surface area contributed by atoms with E-state index in [0.717, 1.165) is 13.0 Å². The summed E-state index contributed by atoms with van der Waals surface area (Å²) >= 11 is 1.18. The number of nitrogens with one attached hydrogen (secondary N) is 2. The van der Waals surface area contributed by atoms with Crippen LogP contribution < -0.4 is 16.4 Å². The van der Waals surface area contributed by atoms with Crippen molar-refractivity contribution in [3.63, 3.8) is 0 Å². The molecule has 0 saturated heterocycles. The van der Waals surface area contributed by atoms with Crippen LogP contribution in [0.1, 0.15) is 36.5 Å². The molecule has 0 aliphatic heterocycles. The van der Waals surface area contributed by atoms with E-state index in [0.29, 0.717) is 5.13 Å². The second-order valence-corrected chi connectivity index (χ2v) is 4.86. The molecule has 7 nitrogen and oxygen atoms in total. The Balaban J connectivity index is 2.50. The third kappa shape index (κ3) is 4.66. The Hall–Kier alpha value is -1.70. The van der Waals surface area contributed by atoms with E-state index in [1.54, 1.807) is 6.92 Å². The maximum Gasteiger partial charge on any atom is 0.282 e. The Bertz CT molecular complexity index is 420. The predicted molar refractivity (Wildman–Crippen MR) is 69.4 cm³/mol. The minimum atomic E-state index is -0.453.